The van der Waals surface area contributed by atoms with Crippen LogP contribution >= 0.6 is 11.6 Å². The second-order valence-electron chi connectivity index (χ2n) is 4.40. The van der Waals surface area contributed by atoms with Gasteiger partial charge in [-0.25, -0.2) is 0 Å². The summed E-state index contributed by atoms with van der Waals surface area (Å²) in [6, 6.07) is 5.24. The molecule has 2 nitrogen and oxygen atoms in total. The topological polar surface area (TPSA) is 46.2 Å². The molecule has 0 heterocycles. The summed E-state index contributed by atoms with van der Waals surface area (Å²) in [5.74, 6) is 0.199. The van der Waals surface area contributed by atoms with Crippen molar-refractivity contribution in [2.75, 3.05) is 0 Å². The van der Waals surface area contributed by atoms with E-state index in [-0.39, 0.29) is 12.0 Å². The van der Waals surface area contributed by atoms with E-state index in [1.54, 1.807) is 0 Å². The molecular formula is C13H20ClNO. The van der Waals surface area contributed by atoms with Crippen LogP contribution in [0.4, 0.5) is 0 Å². The third-order valence-electron chi connectivity index (χ3n) is 3.19. The number of aryl methyl sites for hydroxylation is 1. The Hall–Kier alpha value is -0.570. The van der Waals surface area contributed by atoms with Crippen LogP contribution < -0.4 is 5.73 Å². The molecule has 0 bridgehead atoms. The van der Waals surface area contributed by atoms with Gasteiger partial charge in [0.05, 0.1) is 12.1 Å². The SMILES string of the molecule is CCC(C)[C@H](O)[C@H](N)c1ccc(Cl)cc1C. The van der Waals surface area contributed by atoms with E-state index < -0.39 is 6.10 Å². The van der Waals surface area contributed by atoms with Gasteiger partial charge in [0.1, 0.15) is 0 Å². The van der Waals surface area contributed by atoms with Gasteiger partial charge in [0, 0.05) is 5.02 Å². The molecule has 0 aliphatic heterocycles. The monoisotopic (exact) mass is 241 g/mol. The molecular weight excluding hydrogens is 222 g/mol. The molecule has 0 aliphatic rings. The molecule has 0 saturated heterocycles. The van der Waals surface area contributed by atoms with E-state index in [1.807, 2.05) is 32.0 Å². The maximum Gasteiger partial charge on any atom is 0.0758 e. The number of hydrogen-bond donors (Lipinski definition) is 2. The van der Waals surface area contributed by atoms with Crippen LogP contribution in [-0.2, 0) is 0 Å². The first-order valence-corrected chi connectivity index (χ1v) is 6.04. The minimum atomic E-state index is -0.509. The fraction of sp³-hybridized carbons (Fsp3) is 0.538. The minimum Gasteiger partial charge on any atom is -0.391 e. The van der Waals surface area contributed by atoms with Gasteiger partial charge in [-0.2, -0.15) is 0 Å². The highest BCUT2D eigenvalue weighted by molar-refractivity contribution is 6.30. The third-order valence-corrected chi connectivity index (χ3v) is 3.42. The lowest BCUT2D eigenvalue weighted by Crippen LogP contribution is -2.32. The zero-order valence-electron chi connectivity index (χ0n) is 10.1. The standard InChI is InChI=1S/C13H20ClNO/c1-4-8(2)13(16)12(15)11-6-5-10(14)7-9(11)3/h5-8,12-13,16H,4,15H2,1-3H3/t8?,12-,13+/m1/s1. The first-order valence-electron chi connectivity index (χ1n) is 5.67. The number of nitrogens with two attached hydrogens (primary N) is 1. The van der Waals surface area contributed by atoms with Crippen LogP contribution in [0.2, 0.25) is 5.02 Å². The van der Waals surface area contributed by atoms with Crippen LogP contribution in [0.5, 0.6) is 0 Å². The Morgan fingerprint density at radius 1 is 1.44 bits per heavy atom. The molecule has 16 heavy (non-hydrogen) atoms. The highest BCUT2D eigenvalue weighted by atomic mass is 35.5. The van der Waals surface area contributed by atoms with Gasteiger partial charge < -0.3 is 10.8 Å². The number of aliphatic hydroxyl groups is 1. The first-order chi connectivity index (χ1) is 7.47. The highest BCUT2D eigenvalue weighted by Gasteiger charge is 2.22. The predicted molar refractivity (Wildman–Crippen MR) is 68.6 cm³/mol. The molecule has 0 aromatic heterocycles. The Labute approximate surface area is 102 Å². The molecule has 0 fully saturated rings. The normalized spacial score (nSPS) is 16.9. The van der Waals surface area contributed by atoms with Crippen LogP contribution in [-0.4, -0.2) is 11.2 Å². The Kier molecular flexibility index (Phi) is 4.78. The number of hydrogen-bond acceptors (Lipinski definition) is 2. The van der Waals surface area contributed by atoms with Crippen molar-refractivity contribution in [3.05, 3.63) is 34.3 Å². The van der Waals surface area contributed by atoms with E-state index in [4.69, 9.17) is 17.3 Å². The lowest BCUT2D eigenvalue weighted by molar-refractivity contribution is 0.0878. The quantitative estimate of drug-likeness (QED) is 0.851. The van der Waals surface area contributed by atoms with Crippen LogP contribution in [0.25, 0.3) is 0 Å². The number of aliphatic hydroxyl groups excluding tert-OH is 1. The van der Waals surface area contributed by atoms with E-state index >= 15 is 0 Å². The van der Waals surface area contributed by atoms with E-state index in [2.05, 4.69) is 6.92 Å². The minimum absolute atomic E-state index is 0.199. The molecule has 0 amide bonds. The molecule has 0 spiro atoms. The van der Waals surface area contributed by atoms with Crippen LogP contribution in [0.15, 0.2) is 18.2 Å². The van der Waals surface area contributed by atoms with E-state index in [0.29, 0.717) is 5.02 Å². The lowest BCUT2D eigenvalue weighted by Gasteiger charge is -2.25. The number of rotatable bonds is 4. The van der Waals surface area contributed by atoms with Gasteiger partial charge >= 0.3 is 0 Å². The summed E-state index contributed by atoms with van der Waals surface area (Å²) in [6.45, 7) is 6.02. The summed E-state index contributed by atoms with van der Waals surface area (Å²) in [7, 11) is 0. The molecule has 3 heteroatoms. The van der Waals surface area contributed by atoms with Gasteiger partial charge in [0.25, 0.3) is 0 Å². The molecule has 1 aromatic carbocycles. The third kappa shape index (κ3) is 2.97. The van der Waals surface area contributed by atoms with Crippen molar-refractivity contribution in [1.82, 2.24) is 0 Å². The Morgan fingerprint density at radius 3 is 2.56 bits per heavy atom. The molecule has 0 aliphatic carbocycles. The largest absolute Gasteiger partial charge is 0.391 e. The average molecular weight is 242 g/mol. The Morgan fingerprint density at radius 2 is 2.06 bits per heavy atom. The molecule has 3 N–H and O–H groups in total. The summed E-state index contributed by atoms with van der Waals surface area (Å²) in [4.78, 5) is 0. The van der Waals surface area contributed by atoms with Crippen molar-refractivity contribution in [2.45, 2.75) is 39.3 Å². The van der Waals surface area contributed by atoms with Crippen molar-refractivity contribution in [1.29, 1.82) is 0 Å². The fourth-order valence-corrected chi connectivity index (χ4v) is 2.02. The maximum absolute atomic E-state index is 10.1. The fourth-order valence-electron chi connectivity index (χ4n) is 1.79. The molecule has 0 radical (unpaired) electrons. The number of halogens is 1. The molecule has 1 rings (SSSR count). The van der Waals surface area contributed by atoms with E-state index in [0.717, 1.165) is 17.5 Å². The van der Waals surface area contributed by atoms with Gasteiger partial charge in [-0.3, -0.25) is 0 Å². The Bertz CT molecular complexity index is 354. The summed E-state index contributed by atoms with van der Waals surface area (Å²) in [5.41, 5.74) is 8.07. The molecule has 1 aromatic rings. The van der Waals surface area contributed by atoms with Gasteiger partial charge in [0.2, 0.25) is 0 Å². The van der Waals surface area contributed by atoms with Crippen molar-refractivity contribution < 1.29 is 5.11 Å². The van der Waals surface area contributed by atoms with Gasteiger partial charge in [0.15, 0.2) is 0 Å². The molecule has 90 valence electrons. The van der Waals surface area contributed by atoms with Crippen LogP contribution in [0, 0.1) is 12.8 Å². The van der Waals surface area contributed by atoms with Crippen LogP contribution in [0.3, 0.4) is 0 Å². The lowest BCUT2D eigenvalue weighted by atomic mass is 9.90. The van der Waals surface area contributed by atoms with Crippen molar-refractivity contribution in [3.8, 4) is 0 Å². The average Bonchev–Trinajstić information content (AvgIpc) is 2.26. The highest BCUT2D eigenvalue weighted by Crippen LogP contribution is 2.25. The second kappa shape index (κ2) is 5.67. The van der Waals surface area contributed by atoms with Gasteiger partial charge in [-0.05, 0) is 36.1 Å². The summed E-state index contributed by atoms with van der Waals surface area (Å²) >= 11 is 5.89. The zero-order valence-corrected chi connectivity index (χ0v) is 10.8. The summed E-state index contributed by atoms with van der Waals surface area (Å²) in [5, 5.41) is 10.8. The van der Waals surface area contributed by atoms with E-state index in [9.17, 15) is 5.11 Å². The molecule has 3 atom stereocenters. The predicted octanol–water partition coefficient (Wildman–Crippen LogP) is 3.06. The van der Waals surface area contributed by atoms with Gasteiger partial charge in [-0.1, -0.05) is 37.9 Å². The molecule has 1 unspecified atom stereocenters. The second-order valence-corrected chi connectivity index (χ2v) is 4.84. The summed E-state index contributed by atoms with van der Waals surface area (Å²) < 4.78 is 0. The van der Waals surface area contributed by atoms with Crippen molar-refractivity contribution >= 4 is 11.6 Å². The summed E-state index contributed by atoms with van der Waals surface area (Å²) in [6.07, 6.45) is 0.409. The molecule has 0 saturated carbocycles. The maximum atomic E-state index is 10.1. The Balaban J connectivity index is 2.91. The first kappa shape index (κ1) is 13.5. The smallest absolute Gasteiger partial charge is 0.0758 e. The van der Waals surface area contributed by atoms with Crippen molar-refractivity contribution in [3.63, 3.8) is 0 Å². The van der Waals surface area contributed by atoms with Gasteiger partial charge in [-0.15, -0.1) is 0 Å². The zero-order chi connectivity index (χ0) is 12.3. The van der Waals surface area contributed by atoms with E-state index in [1.165, 1.54) is 0 Å². The number of benzene rings is 1. The van der Waals surface area contributed by atoms with Crippen molar-refractivity contribution in [2.24, 2.45) is 11.7 Å². The van der Waals surface area contributed by atoms with Crippen LogP contribution in [0.1, 0.15) is 37.4 Å².